The lowest BCUT2D eigenvalue weighted by atomic mass is 10.2. The third-order valence-corrected chi connectivity index (χ3v) is 2.27. The molecule has 0 aromatic carbocycles. The highest BCUT2D eigenvalue weighted by Crippen LogP contribution is 2.02. The van der Waals surface area contributed by atoms with Gasteiger partial charge in [-0.2, -0.15) is 0 Å². The first-order chi connectivity index (χ1) is 6.16. The molecule has 0 radical (unpaired) electrons. The number of halogens is 1. The van der Waals surface area contributed by atoms with Gasteiger partial charge in [-0.05, 0) is 33.4 Å². The molecule has 0 rings (SSSR count). The number of alkyl halides is 1. The van der Waals surface area contributed by atoms with Crippen LogP contribution in [0, 0.1) is 0 Å². The van der Waals surface area contributed by atoms with Crippen molar-refractivity contribution < 1.29 is 5.11 Å². The summed E-state index contributed by atoms with van der Waals surface area (Å²) in [5.41, 5.74) is 0. The predicted octanol–water partition coefficient (Wildman–Crippen LogP) is 2.10. The molecule has 1 unspecified atom stereocenters. The van der Waals surface area contributed by atoms with Gasteiger partial charge in [0, 0.05) is 12.4 Å². The lowest BCUT2D eigenvalue weighted by molar-refractivity contribution is 0.140. The Morgan fingerprint density at radius 1 is 1.23 bits per heavy atom. The van der Waals surface area contributed by atoms with Crippen molar-refractivity contribution in [2.24, 2.45) is 0 Å². The molecule has 1 atom stereocenters. The van der Waals surface area contributed by atoms with Crippen molar-refractivity contribution in [3.05, 3.63) is 0 Å². The molecule has 0 spiro atoms. The van der Waals surface area contributed by atoms with Crippen molar-refractivity contribution in [2.45, 2.75) is 38.7 Å². The molecule has 0 saturated heterocycles. The zero-order chi connectivity index (χ0) is 10.1. The fourth-order valence-electron chi connectivity index (χ4n) is 1.37. The molecule has 0 heterocycles. The van der Waals surface area contributed by atoms with Crippen molar-refractivity contribution in [3.8, 4) is 0 Å². The summed E-state index contributed by atoms with van der Waals surface area (Å²) in [6.45, 7) is 3.67. The fraction of sp³-hybridized carbons (Fsp3) is 1.00. The minimum Gasteiger partial charge on any atom is -0.392 e. The van der Waals surface area contributed by atoms with E-state index in [2.05, 4.69) is 4.90 Å². The predicted molar refractivity (Wildman–Crippen MR) is 58.4 cm³/mol. The monoisotopic (exact) mass is 207 g/mol. The van der Waals surface area contributed by atoms with Gasteiger partial charge in [-0.15, -0.1) is 11.6 Å². The van der Waals surface area contributed by atoms with Crippen molar-refractivity contribution >= 4 is 11.6 Å². The Balaban J connectivity index is 3.12. The van der Waals surface area contributed by atoms with Crippen LogP contribution in [0.1, 0.15) is 32.6 Å². The van der Waals surface area contributed by atoms with Crippen molar-refractivity contribution in [3.63, 3.8) is 0 Å². The summed E-state index contributed by atoms with van der Waals surface area (Å²) in [6, 6.07) is 0. The van der Waals surface area contributed by atoms with Gasteiger partial charge in [-0.25, -0.2) is 0 Å². The maximum Gasteiger partial charge on any atom is 0.0638 e. The average Bonchev–Trinajstić information content (AvgIpc) is 2.02. The van der Waals surface area contributed by atoms with Crippen LogP contribution in [0.15, 0.2) is 0 Å². The topological polar surface area (TPSA) is 23.5 Å². The van der Waals surface area contributed by atoms with Crippen LogP contribution < -0.4 is 0 Å². The van der Waals surface area contributed by atoms with Crippen molar-refractivity contribution in [2.75, 3.05) is 26.0 Å². The number of rotatable bonds is 8. The molecule has 0 aromatic heterocycles. The van der Waals surface area contributed by atoms with Gasteiger partial charge in [0.1, 0.15) is 0 Å². The summed E-state index contributed by atoms with van der Waals surface area (Å²) in [7, 11) is 2.05. The fourth-order valence-corrected chi connectivity index (χ4v) is 1.56. The standard InChI is InChI=1S/C10H22ClNO/c1-10(13)9-12(2)8-6-4-3-5-7-11/h10,13H,3-9H2,1-2H3. The van der Waals surface area contributed by atoms with Gasteiger partial charge in [0.25, 0.3) is 0 Å². The van der Waals surface area contributed by atoms with E-state index >= 15 is 0 Å². The second-order valence-electron chi connectivity index (χ2n) is 3.71. The number of hydrogen-bond donors (Lipinski definition) is 1. The molecule has 0 aromatic rings. The lowest BCUT2D eigenvalue weighted by Gasteiger charge is -2.17. The van der Waals surface area contributed by atoms with Gasteiger partial charge in [-0.3, -0.25) is 0 Å². The largest absolute Gasteiger partial charge is 0.392 e. The van der Waals surface area contributed by atoms with Crippen molar-refractivity contribution in [1.82, 2.24) is 4.90 Å². The molecular formula is C10H22ClNO. The molecule has 2 nitrogen and oxygen atoms in total. The van der Waals surface area contributed by atoms with Crippen LogP contribution in [0.4, 0.5) is 0 Å². The molecule has 0 fully saturated rings. The molecule has 0 saturated carbocycles. The highest BCUT2D eigenvalue weighted by Gasteiger charge is 2.01. The first-order valence-corrected chi connectivity index (χ1v) is 5.63. The Kier molecular flexibility index (Phi) is 8.93. The van der Waals surface area contributed by atoms with E-state index in [0.29, 0.717) is 0 Å². The first kappa shape index (κ1) is 13.2. The van der Waals surface area contributed by atoms with Crippen LogP contribution in [0.25, 0.3) is 0 Å². The van der Waals surface area contributed by atoms with Gasteiger partial charge in [0.05, 0.1) is 6.10 Å². The Bertz CT molecular complexity index is 109. The molecule has 0 bridgehead atoms. The van der Waals surface area contributed by atoms with Crippen LogP contribution in [-0.4, -0.2) is 42.1 Å². The Morgan fingerprint density at radius 3 is 2.38 bits per heavy atom. The Labute approximate surface area is 86.9 Å². The second-order valence-corrected chi connectivity index (χ2v) is 4.09. The van der Waals surface area contributed by atoms with E-state index in [9.17, 15) is 0 Å². The highest BCUT2D eigenvalue weighted by molar-refractivity contribution is 6.17. The zero-order valence-electron chi connectivity index (χ0n) is 8.80. The van der Waals surface area contributed by atoms with E-state index in [1.165, 1.54) is 19.3 Å². The number of aliphatic hydroxyl groups is 1. The van der Waals surface area contributed by atoms with Gasteiger partial charge in [-0.1, -0.05) is 12.8 Å². The Hall–Kier alpha value is 0.210. The molecule has 1 N–H and O–H groups in total. The summed E-state index contributed by atoms with van der Waals surface area (Å²) in [5.74, 6) is 0.781. The molecule has 0 aliphatic rings. The van der Waals surface area contributed by atoms with Gasteiger partial charge in [0.2, 0.25) is 0 Å². The smallest absolute Gasteiger partial charge is 0.0638 e. The van der Waals surface area contributed by atoms with Crippen LogP contribution >= 0.6 is 11.6 Å². The minimum absolute atomic E-state index is 0.215. The zero-order valence-corrected chi connectivity index (χ0v) is 9.56. The molecule has 13 heavy (non-hydrogen) atoms. The van der Waals surface area contributed by atoms with Crippen LogP contribution in [-0.2, 0) is 0 Å². The molecule has 0 amide bonds. The van der Waals surface area contributed by atoms with Gasteiger partial charge < -0.3 is 10.0 Å². The highest BCUT2D eigenvalue weighted by atomic mass is 35.5. The quantitative estimate of drug-likeness (QED) is 0.487. The number of likely N-dealkylation sites (N-methyl/N-ethyl adjacent to an activating group) is 1. The van der Waals surface area contributed by atoms with Crippen LogP contribution in [0.2, 0.25) is 0 Å². The second kappa shape index (κ2) is 8.79. The number of nitrogens with zero attached hydrogens (tertiary/aromatic N) is 1. The van der Waals surface area contributed by atoms with E-state index in [0.717, 1.165) is 25.4 Å². The molecule has 0 aliphatic heterocycles. The maximum atomic E-state index is 9.10. The third kappa shape index (κ3) is 10.1. The van der Waals surface area contributed by atoms with Crippen LogP contribution in [0.5, 0.6) is 0 Å². The molecule has 80 valence electrons. The average molecular weight is 208 g/mol. The van der Waals surface area contributed by atoms with Crippen molar-refractivity contribution in [1.29, 1.82) is 0 Å². The molecule has 3 heteroatoms. The molecular weight excluding hydrogens is 186 g/mol. The Morgan fingerprint density at radius 2 is 1.85 bits per heavy atom. The van der Waals surface area contributed by atoms with E-state index < -0.39 is 0 Å². The van der Waals surface area contributed by atoms with Gasteiger partial charge in [0.15, 0.2) is 0 Å². The molecule has 0 aliphatic carbocycles. The number of unbranched alkanes of at least 4 members (excludes halogenated alkanes) is 3. The summed E-state index contributed by atoms with van der Waals surface area (Å²) in [4.78, 5) is 2.17. The maximum absolute atomic E-state index is 9.10. The SMILES string of the molecule is CC(O)CN(C)CCCCCCCl. The van der Waals surface area contributed by atoms with Crippen LogP contribution in [0.3, 0.4) is 0 Å². The summed E-state index contributed by atoms with van der Waals surface area (Å²) < 4.78 is 0. The third-order valence-electron chi connectivity index (χ3n) is 2.00. The minimum atomic E-state index is -0.215. The number of hydrogen-bond acceptors (Lipinski definition) is 2. The van der Waals surface area contributed by atoms with E-state index in [1.54, 1.807) is 0 Å². The summed E-state index contributed by atoms with van der Waals surface area (Å²) in [6.07, 6.45) is 4.60. The van der Waals surface area contributed by atoms with Gasteiger partial charge >= 0.3 is 0 Å². The lowest BCUT2D eigenvalue weighted by Crippen LogP contribution is -2.28. The normalized spacial score (nSPS) is 13.6. The first-order valence-electron chi connectivity index (χ1n) is 5.09. The van der Waals surface area contributed by atoms with E-state index in [1.807, 2.05) is 14.0 Å². The van der Waals surface area contributed by atoms with E-state index in [-0.39, 0.29) is 6.10 Å². The summed E-state index contributed by atoms with van der Waals surface area (Å²) >= 11 is 5.57. The van der Waals surface area contributed by atoms with E-state index in [4.69, 9.17) is 16.7 Å². The number of aliphatic hydroxyl groups excluding tert-OH is 1. The summed E-state index contributed by atoms with van der Waals surface area (Å²) in [5, 5.41) is 9.10.